The first kappa shape index (κ1) is 8.48. The molecule has 0 atom stereocenters. The monoisotopic (exact) mass is 179 g/mol. The van der Waals surface area contributed by atoms with Crippen LogP contribution in [0.1, 0.15) is 6.92 Å². The van der Waals surface area contributed by atoms with Gasteiger partial charge in [0, 0.05) is 0 Å². The number of hydrogen-bond acceptors (Lipinski definition) is 4. The van der Waals surface area contributed by atoms with E-state index in [9.17, 15) is 13.2 Å². The van der Waals surface area contributed by atoms with Crippen LogP contribution >= 0.6 is 0 Å². The van der Waals surface area contributed by atoms with Crippen molar-refractivity contribution in [3.63, 3.8) is 0 Å². The molecule has 1 heterocycles. The molecule has 1 aliphatic heterocycles. The van der Waals surface area contributed by atoms with E-state index in [0.29, 0.717) is 0 Å². The molecule has 0 aliphatic carbocycles. The summed E-state index contributed by atoms with van der Waals surface area (Å²) in [4.78, 5) is 10.5. The molecule has 1 aliphatic rings. The van der Waals surface area contributed by atoms with E-state index < -0.39 is 16.0 Å². The summed E-state index contributed by atoms with van der Waals surface area (Å²) in [5.74, 6) is -0.481. The third-order valence-corrected chi connectivity index (χ3v) is 3.18. The summed E-state index contributed by atoms with van der Waals surface area (Å²) in [6.45, 7) is 1.25. The minimum Gasteiger partial charge on any atom is -0.447 e. The molecule has 11 heavy (non-hydrogen) atoms. The molecular formula is C5H9NO4S. The fourth-order valence-electron chi connectivity index (χ4n) is 0.740. The number of sulfonamides is 1. The van der Waals surface area contributed by atoms with Gasteiger partial charge in [-0.3, -0.25) is 4.79 Å². The minimum absolute atomic E-state index is 0.00361. The maximum Gasteiger partial charge on any atom is 0.322 e. The summed E-state index contributed by atoms with van der Waals surface area (Å²) in [5, 5.41) is 0. The SMILES string of the molecule is CCS(=O)(=O)N1COC(=O)C1. The second-order valence-corrected chi connectivity index (χ2v) is 4.41. The molecule has 0 radical (unpaired) electrons. The second kappa shape index (κ2) is 2.78. The average Bonchev–Trinajstić information content (AvgIpc) is 2.36. The summed E-state index contributed by atoms with van der Waals surface area (Å²) in [5.41, 5.74) is 0. The molecule has 6 heteroatoms. The van der Waals surface area contributed by atoms with Gasteiger partial charge in [0.1, 0.15) is 6.54 Å². The van der Waals surface area contributed by atoms with Crippen LogP contribution in [0.3, 0.4) is 0 Å². The summed E-state index contributed by atoms with van der Waals surface area (Å²) >= 11 is 0. The normalized spacial score (nSPS) is 20.3. The lowest BCUT2D eigenvalue weighted by atomic mass is 10.7. The number of cyclic esters (lactones) is 1. The van der Waals surface area contributed by atoms with Crippen molar-refractivity contribution in [3.8, 4) is 0 Å². The Morgan fingerprint density at radius 2 is 2.27 bits per heavy atom. The fourth-order valence-corrected chi connectivity index (χ4v) is 1.62. The molecule has 1 saturated heterocycles. The van der Waals surface area contributed by atoms with Gasteiger partial charge in [0.25, 0.3) is 0 Å². The highest BCUT2D eigenvalue weighted by Crippen LogP contribution is 2.07. The highest BCUT2D eigenvalue weighted by molar-refractivity contribution is 7.89. The van der Waals surface area contributed by atoms with E-state index in [1.165, 1.54) is 6.92 Å². The van der Waals surface area contributed by atoms with Crippen molar-refractivity contribution in [1.82, 2.24) is 4.31 Å². The molecule has 0 bridgehead atoms. The zero-order valence-electron chi connectivity index (χ0n) is 6.11. The molecule has 1 fully saturated rings. The lowest BCUT2D eigenvalue weighted by Crippen LogP contribution is -2.30. The van der Waals surface area contributed by atoms with Gasteiger partial charge in [-0.1, -0.05) is 0 Å². The van der Waals surface area contributed by atoms with Crippen molar-refractivity contribution in [2.45, 2.75) is 6.92 Å². The van der Waals surface area contributed by atoms with Gasteiger partial charge >= 0.3 is 5.97 Å². The zero-order chi connectivity index (χ0) is 8.48. The van der Waals surface area contributed by atoms with Crippen LogP contribution in [0.5, 0.6) is 0 Å². The maximum atomic E-state index is 11.0. The molecule has 0 unspecified atom stereocenters. The van der Waals surface area contributed by atoms with Crippen LogP contribution in [0.4, 0.5) is 0 Å². The number of esters is 1. The third-order valence-electron chi connectivity index (χ3n) is 1.43. The van der Waals surface area contributed by atoms with Gasteiger partial charge < -0.3 is 4.74 Å². The highest BCUT2D eigenvalue weighted by Gasteiger charge is 2.29. The topological polar surface area (TPSA) is 63.7 Å². The van der Waals surface area contributed by atoms with Crippen LogP contribution < -0.4 is 0 Å². The highest BCUT2D eigenvalue weighted by atomic mass is 32.2. The van der Waals surface area contributed by atoms with Gasteiger partial charge in [0.2, 0.25) is 10.0 Å². The Labute approximate surface area is 65.0 Å². The van der Waals surface area contributed by atoms with E-state index >= 15 is 0 Å². The van der Waals surface area contributed by atoms with Gasteiger partial charge in [0.05, 0.1) is 5.75 Å². The Hall–Kier alpha value is -0.620. The van der Waals surface area contributed by atoms with E-state index in [1.807, 2.05) is 0 Å². The van der Waals surface area contributed by atoms with Crippen LogP contribution in [-0.2, 0) is 19.6 Å². The number of ether oxygens (including phenoxy) is 1. The average molecular weight is 179 g/mol. The minimum atomic E-state index is -3.24. The van der Waals surface area contributed by atoms with E-state index in [0.717, 1.165) is 4.31 Å². The van der Waals surface area contributed by atoms with E-state index in [1.54, 1.807) is 0 Å². The van der Waals surface area contributed by atoms with Crippen LogP contribution in [0.25, 0.3) is 0 Å². The summed E-state index contributed by atoms with van der Waals surface area (Å²) in [6, 6.07) is 0. The molecule has 0 aromatic carbocycles. The fraction of sp³-hybridized carbons (Fsp3) is 0.800. The first-order valence-electron chi connectivity index (χ1n) is 3.19. The van der Waals surface area contributed by atoms with Gasteiger partial charge in [-0.05, 0) is 6.92 Å². The number of nitrogens with zero attached hydrogens (tertiary/aromatic N) is 1. The Morgan fingerprint density at radius 3 is 2.64 bits per heavy atom. The number of rotatable bonds is 2. The molecular weight excluding hydrogens is 170 g/mol. The van der Waals surface area contributed by atoms with Gasteiger partial charge in [-0.25, -0.2) is 8.42 Å². The molecule has 0 aromatic rings. The Bertz CT molecular complexity index is 258. The molecule has 5 nitrogen and oxygen atoms in total. The second-order valence-electron chi connectivity index (χ2n) is 2.16. The Balaban J connectivity index is 2.71. The maximum absolute atomic E-state index is 11.0. The van der Waals surface area contributed by atoms with Crippen LogP contribution in [0.2, 0.25) is 0 Å². The van der Waals surface area contributed by atoms with Crippen LogP contribution in [0, 0.1) is 0 Å². The third kappa shape index (κ3) is 1.69. The van der Waals surface area contributed by atoms with Gasteiger partial charge in [0.15, 0.2) is 6.73 Å². The molecule has 0 N–H and O–H groups in total. The van der Waals surface area contributed by atoms with Crippen LogP contribution in [-0.4, -0.2) is 37.7 Å². The lowest BCUT2D eigenvalue weighted by Gasteiger charge is -2.09. The molecule has 0 aromatic heterocycles. The molecule has 0 spiro atoms. The zero-order valence-corrected chi connectivity index (χ0v) is 6.93. The van der Waals surface area contributed by atoms with Crippen molar-refractivity contribution in [2.75, 3.05) is 19.0 Å². The number of carbonyl (C=O) groups is 1. The first-order valence-corrected chi connectivity index (χ1v) is 4.80. The van der Waals surface area contributed by atoms with Crippen molar-refractivity contribution in [1.29, 1.82) is 0 Å². The van der Waals surface area contributed by atoms with Crippen molar-refractivity contribution in [3.05, 3.63) is 0 Å². The number of hydrogen-bond donors (Lipinski definition) is 0. The largest absolute Gasteiger partial charge is 0.447 e. The summed E-state index contributed by atoms with van der Waals surface area (Å²) in [7, 11) is -3.24. The predicted molar refractivity (Wildman–Crippen MR) is 37.1 cm³/mol. The standard InChI is InChI=1S/C5H9NO4S/c1-2-11(8,9)6-3-5(7)10-4-6/h2-4H2,1H3. The predicted octanol–water partition coefficient (Wildman–Crippen LogP) is -0.848. The molecule has 0 saturated carbocycles. The number of carbonyl (C=O) groups excluding carboxylic acids is 1. The van der Waals surface area contributed by atoms with Crippen molar-refractivity contribution < 1.29 is 17.9 Å². The van der Waals surface area contributed by atoms with E-state index in [-0.39, 0.29) is 19.0 Å². The summed E-state index contributed by atoms with van der Waals surface area (Å²) < 4.78 is 27.6. The van der Waals surface area contributed by atoms with Crippen LogP contribution in [0.15, 0.2) is 0 Å². The van der Waals surface area contributed by atoms with E-state index in [4.69, 9.17) is 0 Å². The van der Waals surface area contributed by atoms with Crippen molar-refractivity contribution >= 4 is 16.0 Å². The Kier molecular flexibility index (Phi) is 2.15. The lowest BCUT2D eigenvalue weighted by molar-refractivity contribution is -0.136. The quantitative estimate of drug-likeness (QED) is 0.518. The van der Waals surface area contributed by atoms with E-state index in [2.05, 4.69) is 4.74 Å². The molecule has 0 amide bonds. The summed E-state index contributed by atoms with van der Waals surface area (Å²) in [6.07, 6.45) is 0. The molecule has 64 valence electrons. The first-order chi connectivity index (χ1) is 5.06. The molecule has 1 rings (SSSR count). The van der Waals surface area contributed by atoms with Gasteiger partial charge in [-0.2, -0.15) is 4.31 Å². The van der Waals surface area contributed by atoms with Crippen molar-refractivity contribution in [2.24, 2.45) is 0 Å². The Morgan fingerprint density at radius 1 is 1.64 bits per heavy atom. The van der Waals surface area contributed by atoms with Gasteiger partial charge in [-0.15, -0.1) is 0 Å². The smallest absolute Gasteiger partial charge is 0.322 e.